The van der Waals surface area contributed by atoms with Gasteiger partial charge in [-0.15, -0.1) is 0 Å². The molecule has 156 valence electrons. The number of hydrogen-bond acceptors (Lipinski definition) is 5. The van der Waals surface area contributed by atoms with Crippen molar-refractivity contribution in [2.24, 2.45) is 0 Å². The van der Waals surface area contributed by atoms with E-state index in [1.165, 1.54) is 12.7 Å². The van der Waals surface area contributed by atoms with Crippen LogP contribution in [0.25, 0.3) is 27.9 Å². The molecule has 30 heavy (non-hydrogen) atoms. The van der Waals surface area contributed by atoms with Crippen molar-refractivity contribution >= 4 is 22.6 Å². The smallest absolute Gasteiger partial charge is 0.341 e. The lowest BCUT2D eigenvalue weighted by Crippen LogP contribution is -2.05. The number of ether oxygens (including phenoxy) is 1. The fourth-order valence-corrected chi connectivity index (χ4v) is 4.40. The van der Waals surface area contributed by atoms with Crippen LogP contribution in [0, 0.1) is 20.8 Å². The zero-order valence-electron chi connectivity index (χ0n) is 18.4. The molecule has 3 heterocycles. The van der Waals surface area contributed by atoms with Crippen molar-refractivity contribution in [3.8, 4) is 11.3 Å². The first-order chi connectivity index (χ1) is 14.4. The second-order valence-corrected chi connectivity index (χ2v) is 7.74. The molecular weight excluding hydrogens is 378 g/mol. The van der Waals surface area contributed by atoms with Gasteiger partial charge in [0.05, 0.1) is 29.8 Å². The molecule has 0 fully saturated rings. The van der Waals surface area contributed by atoms with E-state index < -0.39 is 5.97 Å². The Kier molecular flexibility index (Phi) is 5.10. The van der Waals surface area contributed by atoms with Crippen LogP contribution in [-0.2, 0) is 4.74 Å². The van der Waals surface area contributed by atoms with Crippen molar-refractivity contribution in [3.63, 3.8) is 0 Å². The fraction of sp³-hybridized carbons (Fsp3) is 0.375. The number of carbonyl (C=O) groups is 1. The molecule has 0 spiro atoms. The number of esters is 1. The third kappa shape index (κ3) is 2.98. The molecule has 0 radical (unpaired) electrons. The lowest BCUT2D eigenvalue weighted by atomic mass is 9.95. The SMILES string of the molecule is CCC(CC)c1cc(C)nn2c(-c3c(C)oc4c(C(=O)OC)cccc34)c(C)nc12. The number of methoxy groups -OCH3 is 1. The average molecular weight is 405 g/mol. The molecule has 1 aromatic carbocycles. The average Bonchev–Trinajstić information content (AvgIpc) is 3.23. The Balaban J connectivity index is 2.06. The highest BCUT2D eigenvalue weighted by atomic mass is 16.5. The third-order valence-electron chi connectivity index (χ3n) is 5.87. The third-order valence-corrected chi connectivity index (χ3v) is 5.87. The quantitative estimate of drug-likeness (QED) is 0.395. The second kappa shape index (κ2) is 7.59. The number of imidazole rings is 1. The lowest BCUT2D eigenvalue weighted by molar-refractivity contribution is 0.0601. The summed E-state index contributed by atoms with van der Waals surface area (Å²) in [6.07, 6.45) is 2.10. The van der Waals surface area contributed by atoms with E-state index in [1.54, 1.807) is 6.07 Å². The van der Waals surface area contributed by atoms with Crippen LogP contribution in [0.4, 0.5) is 0 Å². The second-order valence-electron chi connectivity index (χ2n) is 7.74. The molecule has 0 aliphatic carbocycles. The van der Waals surface area contributed by atoms with Gasteiger partial charge in [0.2, 0.25) is 0 Å². The summed E-state index contributed by atoms with van der Waals surface area (Å²) in [6.45, 7) is 10.3. The molecule has 0 N–H and O–H groups in total. The summed E-state index contributed by atoms with van der Waals surface area (Å²) in [5, 5.41) is 5.66. The van der Waals surface area contributed by atoms with E-state index in [-0.39, 0.29) is 0 Å². The minimum atomic E-state index is -0.416. The summed E-state index contributed by atoms with van der Waals surface area (Å²) in [7, 11) is 1.37. The molecule has 0 unspecified atom stereocenters. The highest BCUT2D eigenvalue weighted by molar-refractivity contribution is 6.07. The molecular formula is C24H27N3O3. The summed E-state index contributed by atoms with van der Waals surface area (Å²) in [5.74, 6) is 0.733. The maximum Gasteiger partial charge on any atom is 0.341 e. The molecule has 0 bridgehead atoms. The molecule has 4 rings (SSSR count). The summed E-state index contributed by atoms with van der Waals surface area (Å²) in [6, 6.07) is 7.68. The summed E-state index contributed by atoms with van der Waals surface area (Å²) >= 11 is 0. The summed E-state index contributed by atoms with van der Waals surface area (Å²) in [5.41, 5.74) is 6.70. The number of fused-ring (bicyclic) bond motifs is 2. The Morgan fingerprint density at radius 1 is 1.20 bits per heavy atom. The normalized spacial score (nSPS) is 11.7. The van der Waals surface area contributed by atoms with E-state index in [4.69, 9.17) is 19.2 Å². The minimum absolute atomic E-state index is 0.415. The Bertz CT molecular complexity index is 1260. The van der Waals surface area contributed by atoms with Crippen molar-refractivity contribution < 1.29 is 13.9 Å². The van der Waals surface area contributed by atoms with Crippen LogP contribution < -0.4 is 0 Å². The van der Waals surface area contributed by atoms with E-state index in [1.807, 2.05) is 37.4 Å². The lowest BCUT2D eigenvalue weighted by Gasteiger charge is -2.14. The monoisotopic (exact) mass is 405 g/mol. The number of benzene rings is 1. The maximum absolute atomic E-state index is 12.2. The van der Waals surface area contributed by atoms with Gasteiger partial charge in [-0.05, 0) is 51.7 Å². The standard InChI is InChI=1S/C24H27N3O3/c1-7-16(8-2)19-12-13(3)26-27-21(14(4)25-23(19)27)20-15(5)30-22-17(20)10-9-11-18(22)24(28)29-6/h9-12,16H,7-8H2,1-6H3. The molecule has 0 amide bonds. The molecule has 0 saturated heterocycles. The molecule has 0 atom stereocenters. The summed E-state index contributed by atoms with van der Waals surface area (Å²) in [4.78, 5) is 17.1. The van der Waals surface area contributed by atoms with E-state index in [2.05, 4.69) is 19.9 Å². The van der Waals surface area contributed by atoms with Crippen LogP contribution >= 0.6 is 0 Å². The first-order valence-corrected chi connectivity index (χ1v) is 10.4. The Morgan fingerprint density at radius 2 is 1.93 bits per heavy atom. The number of para-hydroxylation sites is 1. The van der Waals surface area contributed by atoms with Crippen LogP contribution in [0.15, 0.2) is 28.7 Å². The predicted octanol–water partition coefficient (Wildman–Crippen LogP) is 5.76. The number of aromatic nitrogens is 3. The van der Waals surface area contributed by atoms with Crippen LogP contribution in [0.5, 0.6) is 0 Å². The van der Waals surface area contributed by atoms with Crippen LogP contribution in [0.2, 0.25) is 0 Å². The van der Waals surface area contributed by atoms with Gasteiger partial charge < -0.3 is 9.15 Å². The topological polar surface area (TPSA) is 69.6 Å². The van der Waals surface area contributed by atoms with Gasteiger partial charge in [-0.25, -0.2) is 14.3 Å². The number of aryl methyl sites for hydroxylation is 3. The summed E-state index contributed by atoms with van der Waals surface area (Å²) < 4.78 is 12.9. The van der Waals surface area contributed by atoms with Crippen molar-refractivity contribution in [1.82, 2.24) is 14.6 Å². The zero-order chi connectivity index (χ0) is 21.6. The van der Waals surface area contributed by atoms with Crippen molar-refractivity contribution in [2.75, 3.05) is 7.11 Å². The largest absolute Gasteiger partial charge is 0.465 e. The molecule has 0 saturated carbocycles. The Hall–Kier alpha value is -3.15. The van der Waals surface area contributed by atoms with Crippen molar-refractivity contribution in [3.05, 3.63) is 52.5 Å². The van der Waals surface area contributed by atoms with Gasteiger partial charge in [-0.2, -0.15) is 5.10 Å². The van der Waals surface area contributed by atoms with Crippen LogP contribution in [0.1, 0.15) is 65.7 Å². The van der Waals surface area contributed by atoms with E-state index >= 15 is 0 Å². The zero-order valence-corrected chi connectivity index (χ0v) is 18.4. The molecule has 0 aliphatic rings. The van der Waals surface area contributed by atoms with Gasteiger partial charge in [0, 0.05) is 10.9 Å². The van der Waals surface area contributed by atoms with Gasteiger partial charge in [-0.3, -0.25) is 0 Å². The predicted molar refractivity (Wildman–Crippen MR) is 117 cm³/mol. The number of carbonyl (C=O) groups excluding carboxylic acids is 1. The van der Waals surface area contributed by atoms with Crippen LogP contribution in [-0.4, -0.2) is 27.7 Å². The Morgan fingerprint density at radius 3 is 2.60 bits per heavy atom. The van der Waals surface area contributed by atoms with Crippen LogP contribution in [0.3, 0.4) is 0 Å². The van der Waals surface area contributed by atoms with Gasteiger partial charge >= 0.3 is 5.97 Å². The number of hydrogen-bond donors (Lipinski definition) is 0. The molecule has 6 nitrogen and oxygen atoms in total. The Labute approximate surface area is 175 Å². The van der Waals surface area contributed by atoms with Gasteiger partial charge in [0.25, 0.3) is 0 Å². The molecule has 3 aromatic heterocycles. The highest BCUT2D eigenvalue weighted by Gasteiger charge is 2.25. The maximum atomic E-state index is 12.2. The van der Waals surface area contributed by atoms with Gasteiger partial charge in [0.15, 0.2) is 5.65 Å². The van der Waals surface area contributed by atoms with Gasteiger partial charge in [-0.1, -0.05) is 26.0 Å². The van der Waals surface area contributed by atoms with E-state index in [0.29, 0.717) is 17.1 Å². The minimum Gasteiger partial charge on any atom is -0.465 e. The van der Waals surface area contributed by atoms with Crippen molar-refractivity contribution in [1.29, 1.82) is 0 Å². The first-order valence-electron chi connectivity index (χ1n) is 10.4. The van der Waals surface area contributed by atoms with Crippen molar-refractivity contribution in [2.45, 2.75) is 53.4 Å². The number of rotatable bonds is 5. The van der Waals surface area contributed by atoms with E-state index in [9.17, 15) is 4.79 Å². The number of nitrogens with zero attached hydrogens (tertiary/aromatic N) is 3. The molecule has 4 aromatic rings. The van der Waals surface area contributed by atoms with Gasteiger partial charge in [0.1, 0.15) is 16.9 Å². The fourth-order valence-electron chi connectivity index (χ4n) is 4.40. The number of furan rings is 1. The van der Waals surface area contributed by atoms with E-state index in [0.717, 1.165) is 52.3 Å². The first kappa shape index (κ1) is 20.1. The highest BCUT2D eigenvalue weighted by Crippen LogP contribution is 2.39. The molecule has 6 heteroatoms. The molecule has 0 aliphatic heterocycles.